The van der Waals surface area contributed by atoms with E-state index < -0.39 is 73.2 Å². The zero-order valence-corrected chi connectivity index (χ0v) is 14.5. The highest BCUT2D eigenvalue weighted by Crippen LogP contribution is 2.03. The predicted molar refractivity (Wildman–Crippen MR) is 88.2 cm³/mol. The number of rotatable bonds is 11. The van der Waals surface area contributed by atoms with Gasteiger partial charge < -0.3 is 37.6 Å². The number of nitrogens with one attached hydrogen (secondary N) is 3. The van der Waals surface area contributed by atoms with Crippen LogP contribution in [-0.2, 0) is 24.0 Å². The Bertz CT molecular complexity index is 552. The number of aliphatic hydroxyl groups is 1. The van der Waals surface area contributed by atoms with Gasteiger partial charge in [0.2, 0.25) is 23.6 Å². The number of amides is 4. The number of carbonyl (C=O) groups excluding carboxylic acids is 4. The van der Waals surface area contributed by atoms with Gasteiger partial charge in [-0.1, -0.05) is 13.8 Å². The van der Waals surface area contributed by atoms with Crippen molar-refractivity contribution in [3.8, 4) is 0 Å². The van der Waals surface area contributed by atoms with Gasteiger partial charge in [0, 0.05) is 0 Å². The van der Waals surface area contributed by atoms with Gasteiger partial charge in [-0.05, 0) is 5.92 Å². The summed E-state index contributed by atoms with van der Waals surface area (Å²) in [5.74, 6) is -5.07. The molecule has 3 unspecified atom stereocenters. The number of carboxylic acids is 1. The maximum atomic E-state index is 12.2. The lowest BCUT2D eigenvalue weighted by molar-refractivity contribution is -0.144. The summed E-state index contributed by atoms with van der Waals surface area (Å²) in [4.78, 5) is 57.4. The molecule has 0 radical (unpaired) electrons. The first-order valence-corrected chi connectivity index (χ1v) is 7.74. The van der Waals surface area contributed by atoms with Gasteiger partial charge in [-0.3, -0.25) is 19.2 Å². The zero-order chi connectivity index (χ0) is 20.4. The van der Waals surface area contributed by atoms with Gasteiger partial charge in [0.25, 0.3) is 0 Å². The van der Waals surface area contributed by atoms with E-state index in [0.29, 0.717) is 0 Å². The standard InChI is InChI=1S/C14H25N5O7/c1-6(2)11(13(24)18-8(14(25)26)3-9(16)21)19-10(22)4-17-12(23)7(15)5-20/h6-8,11,20H,3-5,15H2,1-2H3,(H2,16,21)(H,17,23)(H,18,24)(H,19,22)(H,25,26). The van der Waals surface area contributed by atoms with E-state index in [4.69, 9.17) is 21.7 Å². The molecular weight excluding hydrogens is 350 g/mol. The van der Waals surface area contributed by atoms with Gasteiger partial charge in [0.1, 0.15) is 18.1 Å². The minimum atomic E-state index is -1.53. The molecule has 148 valence electrons. The number of aliphatic hydroxyl groups excluding tert-OH is 1. The van der Waals surface area contributed by atoms with Crippen LogP contribution in [0, 0.1) is 5.92 Å². The fourth-order valence-corrected chi connectivity index (χ4v) is 1.80. The van der Waals surface area contributed by atoms with Crippen molar-refractivity contribution < 1.29 is 34.2 Å². The molecule has 0 aliphatic rings. The van der Waals surface area contributed by atoms with Crippen LogP contribution in [0.3, 0.4) is 0 Å². The number of carbonyl (C=O) groups is 5. The first kappa shape index (κ1) is 23.3. The van der Waals surface area contributed by atoms with Crippen LogP contribution in [0.4, 0.5) is 0 Å². The molecule has 0 aliphatic heterocycles. The van der Waals surface area contributed by atoms with E-state index in [0.717, 1.165) is 0 Å². The second-order valence-electron chi connectivity index (χ2n) is 5.87. The molecule has 0 aromatic rings. The van der Waals surface area contributed by atoms with Gasteiger partial charge in [-0.15, -0.1) is 0 Å². The molecule has 0 bridgehead atoms. The zero-order valence-electron chi connectivity index (χ0n) is 14.5. The van der Waals surface area contributed by atoms with Crippen LogP contribution >= 0.6 is 0 Å². The van der Waals surface area contributed by atoms with Crippen molar-refractivity contribution in [1.29, 1.82) is 0 Å². The molecule has 0 aliphatic carbocycles. The molecule has 9 N–H and O–H groups in total. The third-order valence-electron chi connectivity index (χ3n) is 3.24. The molecule has 26 heavy (non-hydrogen) atoms. The summed E-state index contributed by atoms with van der Waals surface area (Å²) in [7, 11) is 0. The molecule has 0 spiro atoms. The molecule has 0 heterocycles. The number of carboxylic acid groups (broad SMARTS) is 1. The average molecular weight is 375 g/mol. The van der Waals surface area contributed by atoms with E-state index in [-0.39, 0.29) is 0 Å². The largest absolute Gasteiger partial charge is 0.480 e. The molecule has 0 rings (SSSR count). The normalized spacial score (nSPS) is 14.0. The molecule has 3 atom stereocenters. The molecule has 0 aromatic carbocycles. The van der Waals surface area contributed by atoms with Crippen molar-refractivity contribution in [2.45, 2.75) is 38.4 Å². The first-order chi connectivity index (χ1) is 12.0. The molecule has 12 nitrogen and oxygen atoms in total. The minimum absolute atomic E-state index is 0.419. The highest BCUT2D eigenvalue weighted by atomic mass is 16.4. The Morgan fingerprint density at radius 2 is 1.62 bits per heavy atom. The van der Waals surface area contributed by atoms with Crippen LogP contribution in [0.5, 0.6) is 0 Å². The van der Waals surface area contributed by atoms with Gasteiger partial charge in [0.15, 0.2) is 0 Å². The molecule has 12 heteroatoms. The highest BCUT2D eigenvalue weighted by Gasteiger charge is 2.29. The van der Waals surface area contributed by atoms with Crippen LogP contribution in [0.2, 0.25) is 0 Å². The lowest BCUT2D eigenvalue weighted by Crippen LogP contribution is -2.56. The summed E-state index contributed by atoms with van der Waals surface area (Å²) in [5.41, 5.74) is 10.2. The Kier molecular flexibility index (Phi) is 9.84. The SMILES string of the molecule is CC(C)C(NC(=O)CNC(=O)C(N)CO)C(=O)NC(CC(N)=O)C(=O)O. The van der Waals surface area contributed by atoms with E-state index in [9.17, 15) is 24.0 Å². The lowest BCUT2D eigenvalue weighted by atomic mass is 10.0. The fourth-order valence-electron chi connectivity index (χ4n) is 1.80. The van der Waals surface area contributed by atoms with E-state index in [1.807, 2.05) is 0 Å². The van der Waals surface area contributed by atoms with Gasteiger partial charge in [-0.25, -0.2) is 4.79 Å². The Morgan fingerprint density at radius 3 is 2.04 bits per heavy atom. The van der Waals surface area contributed by atoms with Crippen LogP contribution in [0.25, 0.3) is 0 Å². The van der Waals surface area contributed by atoms with Crippen LogP contribution in [-0.4, -0.2) is 71.1 Å². The quantitative estimate of drug-likeness (QED) is 0.188. The van der Waals surface area contributed by atoms with Crippen molar-refractivity contribution in [1.82, 2.24) is 16.0 Å². The molecule has 0 saturated heterocycles. The Labute approximate surface area is 149 Å². The Morgan fingerprint density at radius 1 is 1.04 bits per heavy atom. The van der Waals surface area contributed by atoms with Gasteiger partial charge in [0.05, 0.1) is 19.6 Å². The summed E-state index contributed by atoms with van der Waals surface area (Å²) < 4.78 is 0. The van der Waals surface area contributed by atoms with Gasteiger partial charge in [-0.2, -0.15) is 0 Å². The number of primary amides is 1. The summed E-state index contributed by atoms with van der Waals surface area (Å²) in [6, 6.07) is -3.82. The second-order valence-corrected chi connectivity index (χ2v) is 5.87. The van der Waals surface area contributed by atoms with Crippen molar-refractivity contribution in [3.63, 3.8) is 0 Å². The monoisotopic (exact) mass is 375 g/mol. The number of hydrogen-bond acceptors (Lipinski definition) is 7. The van der Waals surface area contributed by atoms with Gasteiger partial charge >= 0.3 is 5.97 Å². The lowest BCUT2D eigenvalue weighted by Gasteiger charge is -2.24. The van der Waals surface area contributed by atoms with Crippen LogP contribution in [0.15, 0.2) is 0 Å². The predicted octanol–water partition coefficient (Wildman–Crippen LogP) is -3.99. The molecule has 4 amide bonds. The fraction of sp³-hybridized carbons (Fsp3) is 0.643. The smallest absolute Gasteiger partial charge is 0.326 e. The van der Waals surface area contributed by atoms with E-state index in [1.165, 1.54) is 0 Å². The Balaban J connectivity index is 4.83. The number of aliphatic carboxylic acids is 1. The van der Waals surface area contributed by atoms with Crippen molar-refractivity contribution in [2.24, 2.45) is 17.4 Å². The third-order valence-corrected chi connectivity index (χ3v) is 3.24. The van der Waals surface area contributed by atoms with Crippen molar-refractivity contribution in [2.75, 3.05) is 13.2 Å². The summed E-state index contributed by atoms with van der Waals surface area (Å²) in [5, 5.41) is 24.4. The summed E-state index contributed by atoms with van der Waals surface area (Å²) >= 11 is 0. The van der Waals surface area contributed by atoms with Crippen molar-refractivity contribution >= 4 is 29.6 Å². The first-order valence-electron chi connectivity index (χ1n) is 7.74. The average Bonchev–Trinajstić information content (AvgIpc) is 2.54. The number of nitrogens with two attached hydrogens (primary N) is 2. The maximum Gasteiger partial charge on any atom is 0.326 e. The molecule has 0 saturated carbocycles. The molecule has 0 fully saturated rings. The van der Waals surface area contributed by atoms with E-state index in [1.54, 1.807) is 13.8 Å². The highest BCUT2D eigenvalue weighted by molar-refractivity contribution is 5.93. The molecular formula is C14H25N5O7. The number of hydrogen-bond donors (Lipinski definition) is 7. The Hall–Kier alpha value is -2.73. The maximum absolute atomic E-state index is 12.2. The van der Waals surface area contributed by atoms with E-state index >= 15 is 0 Å². The van der Waals surface area contributed by atoms with Crippen molar-refractivity contribution in [3.05, 3.63) is 0 Å². The molecule has 0 aromatic heterocycles. The minimum Gasteiger partial charge on any atom is -0.480 e. The second kappa shape index (κ2) is 11.0. The van der Waals surface area contributed by atoms with Crippen LogP contribution < -0.4 is 27.4 Å². The summed E-state index contributed by atoms with van der Waals surface area (Å²) in [6.07, 6.45) is -0.602. The topological polar surface area (TPSA) is 214 Å². The van der Waals surface area contributed by atoms with E-state index in [2.05, 4.69) is 16.0 Å². The third kappa shape index (κ3) is 8.39. The summed E-state index contributed by atoms with van der Waals surface area (Å²) in [6.45, 7) is 2.12. The van der Waals surface area contributed by atoms with Crippen LogP contribution in [0.1, 0.15) is 20.3 Å².